The molecular formula is C13H13NO. The molecule has 0 aliphatic heterocycles. The van der Waals surface area contributed by atoms with Crippen molar-refractivity contribution in [3.8, 4) is 11.1 Å². The van der Waals surface area contributed by atoms with Gasteiger partial charge in [0.15, 0.2) is 0 Å². The number of rotatable bonds is 2. The van der Waals surface area contributed by atoms with Crippen molar-refractivity contribution in [2.75, 3.05) is 5.73 Å². The van der Waals surface area contributed by atoms with Crippen molar-refractivity contribution < 1.29 is 5.11 Å². The van der Waals surface area contributed by atoms with Crippen LogP contribution >= 0.6 is 0 Å². The first-order valence-electron chi connectivity index (χ1n) is 4.85. The van der Waals surface area contributed by atoms with Gasteiger partial charge in [0, 0.05) is 5.69 Å². The first-order chi connectivity index (χ1) is 7.29. The molecule has 2 heteroatoms. The lowest BCUT2D eigenvalue weighted by molar-refractivity contribution is 0.282. The summed E-state index contributed by atoms with van der Waals surface area (Å²) in [5.74, 6) is 0. The lowest BCUT2D eigenvalue weighted by atomic mass is 10.0. The van der Waals surface area contributed by atoms with E-state index in [9.17, 15) is 0 Å². The fourth-order valence-corrected chi connectivity index (χ4v) is 1.57. The molecule has 0 amide bonds. The standard InChI is InChI=1S/C13H13NO/c14-13-6-2-5-12(8-13)11-4-1-3-10(7-11)9-15/h1-8,15H,9,14H2. The van der Waals surface area contributed by atoms with E-state index in [-0.39, 0.29) is 6.61 Å². The highest BCUT2D eigenvalue weighted by Crippen LogP contribution is 2.22. The molecule has 0 saturated carbocycles. The molecule has 0 fully saturated rings. The van der Waals surface area contributed by atoms with Gasteiger partial charge in [-0.2, -0.15) is 0 Å². The number of benzene rings is 2. The molecule has 2 rings (SSSR count). The van der Waals surface area contributed by atoms with Crippen molar-refractivity contribution >= 4 is 5.69 Å². The summed E-state index contributed by atoms with van der Waals surface area (Å²) in [6.45, 7) is 0.0656. The molecule has 2 aromatic carbocycles. The van der Waals surface area contributed by atoms with Crippen LogP contribution in [0, 0.1) is 0 Å². The van der Waals surface area contributed by atoms with Gasteiger partial charge < -0.3 is 10.8 Å². The average Bonchev–Trinajstić information content (AvgIpc) is 2.29. The van der Waals surface area contributed by atoms with Crippen molar-refractivity contribution in [2.45, 2.75) is 6.61 Å². The van der Waals surface area contributed by atoms with Gasteiger partial charge in [-0.05, 0) is 34.9 Å². The highest BCUT2D eigenvalue weighted by molar-refractivity contribution is 5.67. The summed E-state index contributed by atoms with van der Waals surface area (Å²) in [7, 11) is 0. The predicted octanol–water partition coefficient (Wildman–Crippen LogP) is 2.43. The zero-order chi connectivity index (χ0) is 10.7. The fraction of sp³-hybridized carbons (Fsp3) is 0.0769. The van der Waals surface area contributed by atoms with Crippen LogP contribution in [0.5, 0.6) is 0 Å². The Kier molecular flexibility index (Phi) is 2.70. The second kappa shape index (κ2) is 4.15. The van der Waals surface area contributed by atoms with E-state index in [0.717, 1.165) is 22.4 Å². The molecule has 0 saturated heterocycles. The Bertz CT molecular complexity index is 466. The molecule has 0 spiro atoms. The third-order valence-corrected chi connectivity index (χ3v) is 2.33. The van der Waals surface area contributed by atoms with E-state index in [1.807, 2.05) is 48.5 Å². The Balaban J connectivity index is 2.44. The number of aliphatic hydroxyl groups excluding tert-OH is 1. The first-order valence-corrected chi connectivity index (χ1v) is 4.85. The molecule has 2 nitrogen and oxygen atoms in total. The molecule has 0 aliphatic carbocycles. The summed E-state index contributed by atoms with van der Waals surface area (Å²) < 4.78 is 0. The van der Waals surface area contributed by atoms with Crippen LogP contribution in [-0.4, -0.2) is 5.11 Å². The summed E-state index contributed by atoms with van der Waals surface area (Å²) >= 11 is 0. The molecule has 0 radical (unpaired) electrons. The zero-order valence-electron chi connectivity index (χ0n) is 8.35. The monoisotopic (exact) mass is 199 g/mol. The van der Waals surface area contributed by atoms with E-state index in [1.165, 1.54) is 0 Å². The minimum atomic E-state index is 0.0656. The first kappa shape index (κ1) is 9.74. The van der Waals surface area contributed by atoms with Crippen LogP contribution in [0.2, 0.25) is 0 Å². The van der Waals surface area contributed by atoms with Gasteiger partial charge in [0.05, 0.1) is 6.61 Å². The highest BCUT2D eigenvalue weighted by atomic mass is 16.3. The molecule has 15 heavy (non-hydrogen) atoms. The van der Waals surface area contributed by atoms with Crippen LogP contribution in [0.15, 0.2) is 48.5 Å². The van der Waals surface area contributed by atoms with Crippen molar-refractivity contribution in [1.82, 2.24) is 0 Å². The summed E-state index contributed by atoms with van der Waals surface area (Å²) in [6.07, 6.45) is 0. The van der Waals surface area contributed by atoms with Gasteiger partial charge in [-0.25, -0.2) is 0 Å². The molecule has 0 heterocycles. The molecule has 0 atom stereocenters. The van der Waals surface area contributed by atoms with Gasteiger partial charge in [0.1, 0.15) is 0 Å². The maximum absolute atomic E-state index is 9.04. The van der Waals surface area contributed by atoms with Gasteiger partial charge in [-0.1, -0.05) is 30.3 Å². The zero-order valence-corrected chi connectivity index (χ0v) is 8.35. The smallest absolute Gasteiger partial charge is 0.0682 e. The van der Waals surface area contributed by atoms with Crippen LogP contribution in [0.25, 0.3) is 11.1 Å². The van der Waals surface area contributed by atoms with E-state index in [4.69, 9.17) is 10.8 Å². The van der Waals surface area contributed by atoms with Crippen LogP contribution in [-0.2, 0) is 6.61 Å². The number of hydrogen-bond acceptors (Lipinski definition) is 2. The summed E-state index contributed by atoms with van der Waals surface area (Å²) in [6, 6.07) is 15.5. The predicted molar refractivity (Wildman–Crippen MR) is 62.2 cm³/mol. The third-order valence-electron chi connectivity index (χ3n) is 2.33. The van der Waals surface area contributed by atoms with E-state index >= 15 is 0 Å². The van der Waals surface area contributed by atoms with Crippen molar-refractivity contribution in [3.63, 3.8) is 0 Å². The number of hydrogen-bond donors (Lipinski definition) is 2. The molecule has 76 valence electrons. The summed E-state index contributed by atoms with van der Waals surface area (Å²) in [5, 5.41) is 9.04. The molecule has 0 unspecified atom stereocenters. The van der Waals surface area contributed by atoms with Gasteiger partial charge in [0.2, 0.25) is 0 Å². The molecule has 0 aromatic heterocycles. The molecule has 3 N–H and O–H groups in total. The Morgan fingerprint density at radius 1 is 0.933 bits per heavy atom. The van der Waals surface area contributed by atoms with E-state index < -0.39 is 0 Å². The lowest BCUT2D eigenvalue weighted by Gasteiger charge is -2.04. The van der Waals surface area contributed by atoms with Gasteiger partial charge in [-0.3, -0.25) is 0 Å². The second-order valence-corrected chi connectivity index (χ2v) is 3.48. The van der Waals surface area contributed by atoms with Crippen LogP contribution in [0.3, 0.4) is 0 Å². The van der Waals surface area contributed by atoms with Crippen molar-refractivity contribution in [1.29, 1.82) is 0 Å². The molecule has 0 bridgehead atoms. The highest BCUT2D eigenvalue weighted by Gasteiger charge is 1.98. The Labute approximate surface area is 89.0 Å². The number of nitrogens with two attached hydrogens (primary N) is 1. The number of aliphatic hydroxyl groups is 1. The van der Waals surface area contributed by atoms with Gasteiger partial charge in [-0.15, -0.1) is 0 Å². The minimum absolute atomic E-state index is 0.0656. The Morgan fingerprint density at radius 2 is 1.60 bits per heavy atom. The second-order valence-electron chi connectivity index (χ2n) is 3.48. The maximum atomic E-state index is 9.04. The SMILES string of the molecule is Nc1cccc(-c2cccc(CO)c2)c1. The van der Waals surface area contributed by atoms with E-state index in [1.54, 1.807) is 0 Å². The molecular weight excluding hydrogens is 186 g/mol. The lowest BCUT2D eigenvalue weighted by Crippen LogP contribution is -1.87. The normalized spacial score (nSPS) is 10.2. The summed E-state index contributed by atoms with van der Waals surface area (Å²) in [5.41, 5.74) is 9.53. The van der Waals surface area contributed by atoms with Gasteiger partial charge >= 0.3 is 0 Å². The molecule has 2 aromatic rings. The van der Waals surface area contributed by atoms with E-state index in [0.29, 0.717) is 0 Å². The maximum Gasteiger partial charge on any atom is 0.0682 e. The van der Waals surface area contributed by atoms with E-state index in [2.05, 4.69) is 0 Å². The fourth-order valence-electron chi connectivity index (χ4n) is 1.57. The third kappa shape index (κ3) is 2.17. The average molecular weight is 199 g/mol. The Hall–Kier alpha value is -1.80. The topological polar surface area (TPSA) is 46.2 Å². The number of anilines is 1. The number of nitrogen functional groups attached to an aromatic ring is 1. The van der Waals surface area contributed by atoms with Crippen molar-refractivity contribution in [2.24, 2.45) is 0 Å². The largest absolute Gasteiger partial charge is 0.399 e. The van der Waals surface area contributed by atoms with Crippen LogP contribution < -0.4 is 5.73 Å². The summed E-state index contributed by atoms with van der Waals surface area (Å²) in [4.78, 5) is 0. The molecule has 0 aliphatic rings. The quantitative estimate of drug-likeness (QED) is 0.730. The Morgan fingerprint density at radius 3 is 2.27 bits per heavy atom. The minimum Gasteiger partial charge on any atom is -0.399 e. The van der Waals surface area contributed by atoms with Crippen molar-refractivity contribution in [3.05, 3.63) is 54.1 Å². The van der Waals surface area contributed by atoms with Gasteiger partial charge in [0.25, 0.3) is 0 Å². The van der Waals surface area contributed by atoms with Crippen LogP contribution in [0.1, 0.15) is 5.56 Å². The van der Waals surface area contributed by atoms with Crippen LogP contribution in [0.4, 0.5) is 5.69 Å².